The van der Waals surface area contributed by atoms with Crippen molar-refractivity contribution in [2.45, 2.75) is 58.3 Å². The molecule has 3 rings (SSSR count). The van der Waals surface area contributed by atoms with Crippen molar-refractivity contribution in [3.63, 3.8) is 0 Å². The first kappa shape index (κ1) is 23.4. The number of carbonyl (C=O) groups is 1. The summed E-state index contributed by atoms with van der Waals surface area (Å²) in [7, 11) is 0. The van der Waals surface area contributed by atoms with E-state index in [1.807, 2.05) is 25.3 Å². The zero-order valence-corrected chi connectivity index (χ0v) is 18.5. The molecule has 31 heavy (non-hydrogen) atoms. The van der Waals surface area contributed by atoms with E-state index in [-0.39, 0.29) is 22.8 Å². The molecule has 0 radical (unpaired) electrons. The van der Waals surface area contributed by atoms with Crippen LogP contribution in [0.25, 0.3) is 0 Å². The third-order valence-corrected chi connectivity index (χ3v) is 6.01. The van der Waals surface area contributed by atoms with Crippen LogP contribution in [0.4, 0.5) is 18.9 Å². The van der Waals surface area contributed by atoms with Crippen molar-refractivity contribution < 1.29 is 18.0 Å². The second kappa shape index (κ2) is 9.46. The Morgan fingerprint density at radius 1 is 1.29 bits per heavy atom. The van der Waals surface area contributed by atoms with Crippen LogP contribution >= 0.6 is 11.6 Å². The van der Waals surface area contributed by atoms with Gasteiger partial charge in [0.05, 0.1) is 16.3 Å². The highest BCUT2D eigenvalue weighted by Gasteiger charge is 2.33. The van der Waals surface area contributed by atoms with Gasteiger partial charge in [0.15, 0.2) is 0 Å². The Hall–Kier alpha value is -2.29. The lowest BCUT2D eigenvalue weighted by Gasteiger charge is -2.35. The zero-order chi connectivity index (χ0) is 22.8. The fraction of sp³-hybridized carbons (Fsp3) is 0.571. The number of amides is 1. The molecule has 1 amide bonds. The van der Waals surface area contributed by atoms with Crippen LogP contribution in [-0.2, 0) is 17.5 Å². The van der Waals surface area contributed by atoms with Crippen LogP contribution in [0.1, 0.15) is 50.9 Å². The standard InChI is InChI=1S/C21H27ClF3N5O/c1-4-29-12-26-28-19(29)14-7-9-30(10-8-14)20(31)18(13(2)3)27-17-6-5-15(11-16(17)22)21(23,24)25/h5-6,11-14,18,27H,4,7-10H2,1-3H3/t18-/m0/s1. The van der Waals surface area contributed by atoms with E-state index in [9.17, 15) is 18.0 Å². The first-order valence-electron chi connectivity index (χ1n) is 10.4. The number of aryl methyl sites for hydroxylation is 1. The van der Waals surface area contributed by atoms with E-state index in [4.69, 9.17) is 11.6 Å². The lowest BCUT2D eigenvalue weighted by molar-refractivity contribution is -0.137. The van der Waals surface area contributed by atoms with Gasteiger partial charge in [0.2, 0.25) is 5.91 Å². The van der Waals surface area contributed by atoms with Crippen molar-refractivity contribution >= 4 is 23.2 Å². The van der Waals surface area contributed by atoms with Crippen LogP contribution in [0.2, 0.25) is 5.02 Å². The van der Waals surface area contributed by atoms with E-state index in [0.29, 0.717) is 18.8 Å². The molecule has 1 aromatic heterocycles. The summed E-state index contributed by atoms with van der Waals surface area (Å²) < 4.78 is 40.7. The van der Waals surface area contributed by atoms with Gasteiger partial charge in [-0.25, -0.2) is 0 Å². The van der Waals surface area contributed by atoms with E-state index in [2.05, 4.69) is 15.5 Å². The lowest BCUT2D eigenvalue weighted by atomic mass is 9.94. The molecule has 6 nitrogen and oxygen atoms in total. The minimum absolute atomic E-state index is 0.0640. The van der Waals surface area contributed by atoms with Crippen molar-refractivity contribution in [1.82, 2.24) is 19.7 Å². The molecule has 2 heterocycles. The predicted octanol–water partition coefficient (Wildman–Crippen LogP) is 4.81. The number of likely N-dealkylation sites (tertiary alicyclic amines) is 1. The average Bonchev–Trinajstić information content (AvgIpc) is 3.20. The highest BCUT2D eigenvalue weighted by Crippen LogP contribution is 2.34. The normalized spacial score (nSPS) is 16.6. The topological polar surface area (TPSA) is 63.1 Å². The van der Waals surface area contributed by atoms with Crippen LogP contribution < -0.4 is 5.32 Å². The number of benzene rings is 1. The van der Waals surface area contributed by atoms with Crippen molar-refractivity contribution in [2.75, 3.05) is 18.4 Å². The molecule has 1 aliphatic rings. The fourth-order valence-corrected chi connectivity index (χ4v) is 4.10. The van der Waals surface area contributed by atoms with E-state index in [1.165, 1.54) is 6.07 Å². The van der Waals surface area contributed by atoms with Gasteiger partial charge < -0.3 is 14.8 Å². The summed E-state index contributed by atoms with van der Waals surface area (Å²) in [4.78, 5) is 15.0. The van der Waals surface area contributed by atoms with Gasteiger partial charge >= 0.3 is 6.18 Å². The van der Waals surface area contributed by atoms with Crippen molar-refractivity contribution in [1.29, 1.82) is 0 Å². The SMILES string of the molecule is CCn1cnnc1C1CCN(C(=O)[C@@H](Nc2ccc(C(F)(F)F)cc2Cl)C(C)C)CC1. The van der Waals surface area contributed by atoms with E-state index >= 15 is 0 Å². The zero-order valence-electron chi connectivity index (χ0n) is 17.8. The Bertz CT molecular complexity index is 907. The van der Waals surface area contributed by atoms with E-state index in [1.54, 1.807) is 11.2 Å². The van der Waals surface area contributed by atoms with Crippen molar-refractivity contribution in [2.24, 2.45) is 5.92 Å². The minimum atomic E-state index is -4.47. The molecule has 2 aromatic rings. The quantitative estimate of drug-likeness (QED) is 0.676. The largest absolute Gasteiger partial charge is 0.416 e. The second-order valence-electron chi connectivity index (χ2n) is 8.13. The maximum atomic E-state index is 13.2. The molecule has 1 aromatic carbocycles. The number of hydrogen-bond acceptors (Lipinski definition) is 4. The first-order chi connectivity index (χ1) is 14.6. The molecule has 0 spiro atoms. The Morgan fingerprint density at radius 3 is 2.52 bits per heavy atom. The first-order valence-corrected chi connectivity index (χ1v) is 10.8. The third kappa shape index (κ3) is 5.31. The van der Waals surface area contributed by atoms with Gasteiger partial charge in [0, 0.05) is 25.6 Å². The monoisotopic (exact) mass is 457 g/mol. The van der Waals surface area contributed by atoms with Crippen LogP contribution in [0.15, 0.2) is 24.5 Å². The molecule has 10 heteroatoms. The molecule has 1 fully saturated rings. The molecule has 0 saturated carbocycles. The van der Waals surface area contributed by atoms with Crippen molar-refractivity contribution in [3.05, 3.63) is 40.9 Å². The number of rotatable bonds is 6. The van der Waals surface area contributed by atoms with Crippen LogP contribution in [0.3, 0.4) is 0 Å². The van der Waals surface area contributed by atoms with Gasteiger partial charge in [-0.05, 0) is 43.9 Å². The number of carbonyl (C=O) groups excluding carboxylic acids is 1. The number of anilines is 1. The molecule has 0 bridgehead atoms. The maximum Gasteiger partial charge on any atom is 0.416 e. The van der Waals surface area contributed by atoms with Gasteiger partial charge in [0.25, 0.3) is 0 Å². The van der Waals surface area contributed by atoms with Gasteiger partial charge in [-0.3, -0.25) is 4.79 Å². The Balaban J connectivity index is 1.68. The van der Waals surface area contributed by atoms with Crippen molar-refractivity contribution in [3.8, 4) is 0 Å². The van der Waals surface area contributed by atoms with E-state index < -0.39 is 17.8 Å². The third-order valence-electron chi connectivity index (χ3n) is 5.70. The average molecular weight is 458 g/mol. The Morgan fingerprint density at radius 2 is 1.97 bits per heavy atom. The highest BCUT2D eigenvalue weighted by atomic mass is 35.5. The second-order valence-corrected chi connectivity index (χ2v) is 8.54. The summed E-state index contributed by atoms with van der Waals surface area (Å²) in [6, 6.07) is 2.52. The number of nitrogens with zero attached hydrogens (tertiary/aromatic N) is 4. The highest BCUT2D eigenvalue weighted by molar-refractivity contribution is 6.33. The number of nitrogens with one attached hydrogen (secondary N) is 1. The molecule has 1 saturated heterocycles. The van der Waals surface area contributed by atoms with Crippen LogP contribution in [0.5, 0.6) is 0 Å². The molecule has 0 unspecified atom stereocenters. The molecule has 1 aliphatic heterocycles. The maximum absolute atomic E-state index is 13.2. The summed E-state index contributed by atoms with van der Waals surface area (Å²) in [5.41, 5.74) is -0.509. The molecule has 170 valence electrons. The summed E-state index contributed by atoms with van der Waals surface area (Å²) in [6.07, 6.45) is -1.17. The minimum Gasteiger partial charge on any atom is -0.372 e. The molecule has 1 atom stereocenters. The summed E-state index contributed by atoms with van der Waals surface area (Å²) in [5, 5.41) is 11.2. The Labute approximate surface area is 184 Å². The summed E-state index contributed by atoms with van der Waals surface area (Å²) in [5.74, 6) is 1.04. The summed E-state index contributed by atoms with van der Waals surface area (Å²) >= 11 is 6.08. The van der Waals surface area contributed by atoms with E-state index in [0.717, 1.165) is 37.3 Å². The summed E-state index contributed by atoms with van der Waals surface area (Å²) in [6.45, 7) is 7.80. The number of hydrogen-bond donors (Lipinski definition) is 1. The number of halogens is 4. The smallest absolute Gasteiger partial charge is 0.372 e. The predicted molar refractivity (Wildman–Crippen MR) is 113 cm³/mol. The number of alkyl halides is 3. The number of piperidine rings is 1. The Kier molecular flexibility index (Phi) is 7.13. The van der Waals surface area contributed by atoms with Gasteiger partial charge in [-0.15, -0.1) is 10.2 Å². The van der Waals surface area contributed by atoms with Crippen LogP contribution in [-0.4, -0.2) is 44.7 Å². The number of aromatic nitrogens is 3. The molecular formula is C21H27ClF3N5O. The molecular weight excluding hydrogens is 431 g/mol. The van der Waals surface area contributed by atoms with Crippen LogP contribution in [0, 0.1) is 5.92 Å². The fourth-order valence-electron chi connectivity index (χ4n) is 3.87. The van der Waals surface area contributed by atoms with Gasteiger partial charge in [-0.2, -0.15) is 13.2 Å². The molecule has 1 N–H and O–H groups in total. The van der Waals surface area contributed by atoms with Gasteiger partial charge in [0.1, 0.15) is 18.2 Å². The lowest BCUT2D eigenvalue weighted by Crippen LogP contribution is -2.48. The molecule has 0 aliphatic carbocycles. The van der Waals surface area contributed by atoms with Gasteiger partial charge in [-0.1, -0.05) is 25.4 Å².